The summed E-state index contributed by atoms with van der Waals surface area (Å²) in [6.45, 7) is 10.0. The zero-order chi connectivity index (χ0) is 23.7. The Balaban J connectivity index is 1.51. The number of aromatic nitrogens is 3. The zero-order valence-corrected chi connectivity index (χ0v) is 20.2. The van der Waals surface area contributed by atoms with Crippen LogP contribution in [0.15, 0.2) is 79.1 Å². The SMILES string of the molecule is CCOc1ccc2c(c1)ncn2-c1ccc2cccc(-c3ccc(CNC(C)(C)C)cc3)c2n1. The lowest BCUT2D eigenvalue weighted by atomic mass is 10.0. The summed E-state index contributed by atoms with van der Waals surface area (Å²) in [4.78, 5) is 9.65. The predicted molar refractivity (Wildman–Crippen MR) is 140 cm³/mol. The first-order valence-corrected chi connectivity index (χ1v) is 11.8. The van der Waals surface area contributed by atoms with Gasteiger partial charge in [-0.3, -0.25) is 4.57 Å². The number of benzene rings is 3. The van der Waals surface area contributed by atoms with Crippen molar-refractivity contribution in [2.45, 2.75) is 39.8 Å². The van der Waals surface area contributed by atoms with Gasteiger partial charge in [0.15, 0.2) is 0 Å². The maximum absolute atomic E-state index is 5.62. The molecule has 5 nitrogen and oxygen atoms in total. The van der Waals surface area contributed by atoms with Crippen molar-refractivity contribution in [3.8, 4) is 22.7 Å². The quantitative estimate of drug-likeness (QED) is 0.320. The van der Waals surface area contributed by atoms with Crippen LogP contribution in [0, 0.1) is 0 Å². The first-order valence-electron chi connectivity index (χ1n) is 11.8. The molecule has 0 atom stereocenters. The Hall–Kier alpha value is -3.70. The van der Waals surface area contributed by atoms with E-state index in [1.165, 1.54) is 5.56 Å². The van der Waals surface area contributed by atoms with E-state index in [9.17, 15) is 0 Å². The first kappa shape index (κ1) is 22.1. The monoisotopic (exact) mass is 450 g/mol. The number of ether oxygens (including phenoxy) is 1. The minimum atomic E-state index is 0.0940. The van der Waals surface area contributed by atoms with Gasteiger partial charge in [0.2, 0.25) is 0 Å². The molecule has 2 heterocycles. The Morgan fingerprint density at radius 3 is 2.53 bits per heavy atom. The van der Waals surface area contributed by atoms with Gasteiger partial charge in [0.05, 0.1) is 23.2 Å². The Kier molecular flexibility index (Phi) is 5.80. The fraction of sp³-hybridized carbons (Fsp3) is 0.241. The van der Waals surface area contributed by atoms with Crippen molar-refractivity contribution in [1.82, 2.24) is 19.9 Å². The topological polar surface area (TPSA) is 52.0 Å². The molecule has 3 aromatic carbocycles. The Morgan fingerprint density at radius 2 is 1.76 bits per heavy atom. The summed E-state index contributed by atoms with van der Waals surface area (Å²) in [6, 6.07) is 25.3. The number of hydrogen-bond donors (Lipinski definition) is 1. The van der Waals surface area contributed by atoms with Gasteiger partial charge in [-0.25, -0.2) is 9.97 Å². The van der Waals surface area contributed by atoms with Crippen LogP contribution in [0.4, 0.5) is 0 Å². The van der Waals surface area contributed by atoms with Crippen LogP contribution in [0.2, 0.25) is 0 Å². The van der Waals surface area contributed by atoms with E-state index in [0.717, 1.165) is 51.2 Å². The smallest absolute Gasteiger partial charge is 0.139 e. The number of para-hydroxylation sites is 1. The molecule has 34 heavy (non-hydrogen) atoms. The van der Waals surface area contributed by atoms with Crippen molar-refractivity contribution >= 4 is 21.9 Å². The summed E-state index contributed by atoms with van der Waals surface area (Å²) in [5, 5.41) is 4.66. The molecule has 0 aliphatic carbocycles. The molecule has 0 saturated carbocycles. The minimum absolute atomic E-state index is 0.0940. The Morgan fingerprint density at radius 1 is 0.941 bits per heavy atom. The van der Waals surface area contributed by atoms with Gasteiger partial charge in [-0.2, -0.15) is 0 Å². The van der Waals surface area contributed by atoms with E-state index in [1.807, 2.05) is 42.1 Å². The Labute approximate surface area is 200 Å². The molecule has 0 bridgehead atoms. The van der Waals surface area contributed by atoms with Gasteiger partial charge >= 0.3 is 0 Å². The second-order valence-electron chi connectivity index (χ2n) is 9.55. The molecule has 2 aromatic heterocycles. The fourth-order valence-corrected chi connectivity index (χ4v) is 4.10. The van der Waals surface area contributed by atoms with Gasteiger partial charge in [-0.05, 0) is 63.1 Å². The fourth-order valence-electron chi connectivity index (χ4n) is 4.10. The highest BCUT2D eigenvalue weighted by atomic mass is 16.5. The van der Waals surface area contributed by atoms with E-state index < -0.39 is 0 Å². The number of fused-ring (bicyclic) bond motifs is 2. The highest BCUT2D eigenvalue weighted by Gasteiger charge is 2.12. The summed E-state index contributed by atoms with van der Waals surface area (Å²) in [6.07, 6.45) is 1.83. The Bertz CT molecular complexity index is 1450. The minimum Gasteiger partial charge on any atom is -0.494 e. The van der Waals surface area contributed by atoms with Gasteiger partial charge in [0.1, 0.15) is 17.9 Å². The molecular weight excluding hydrogens is 420 g/mol. The van der Waals surface area contributed by atoms with Crippen LogP contribution in [-0.2, 0) is 6.54 Å². The van der Waals surface area contributed by atoms with Crippen molar-refractivity contribution < 1.29 is 4.74 Å². The van der Waals surface area contributed by atoms with Crippen molar-refractivity contribution in [3.63, 3.8) is 0 Å². The molecule has 5 rings (SSSR count). The van der Waals surface area contributed by atoms with Crippen LogP contribution in [0.5, 0.6) is 5.75 Å². The average molecular weight is 451 g/mol. The normalized spacial score (nSPS) is 11.9. The molecule has 5 aromatic rings. The van der Waals surface area contributed by atoms with Gasteiger partial charge in [0, 0.05) is 29.1 Å². The third kappa shape index (κ3) is 4.52. The molecule has 0 spiro atoms. The molecule has 0 saturated heterocycles. The molecule has 0 aliphatic rings. The molecule has 0 fully saturated rings. The van der Waals surface area contributed by atoms with Crippen molar-refractivity contribution in [3.05, 3.63) is 84.7 Å². The summed E-state index contributed by atoms with van der Waals surface area (Å²) >= 11 is 0. The molecule has 1 N–H and O–H groups in total. The third-order valence-corrected chi connectivity index (χ3v) is 5.87. The number of pyridine rings is 1. The third-order valence-electron chi connectivity index (χ3n) is 5.87. The highest BCUT2D eigenvalue weighted by molar-refractivity contribution is 5.94. The molecule has 172 valence electrons. The molecule has 0 radical (unpaired) electrons. The number of nitrogens with one attached hydrogen (secondary N) is 1. The van der Waals surface area contributed by atoms with Crippen LogP contribution in [0.25, 0.3) is 38.9 Å². The summed E-state index contributed by atoms with van der Waals surface area (Å²) in [7, 11) is 0. The largest absolute Gasteiger partial charge is 0.494 e. The van der Waals surface area contributed by atoms with Crippen molar-refractivity contribution in [2.24, 2.45) is 0 Å². The number of nitrogens with zero attached hydrogens (tertiary/aromatic N) is 3. The van der Waals surface area contributed by atoms with Crippen LogP contribution in [0.3, 0.4) is 0 Å². The lowest BCUT2D eigenvalue weighted by Crippen LogP contribution is -2.35. The van der Waals surface area contributed by atoms with Gasteiger partial charge in [-0.1, -0.05) is 42.5 Å². The summed E-state index contributed by atoms with van der Waals surface area (Å²) in [5.41, 5.74) is 6.52. The second-order valence-corrected chi connectivity index (χ2v) is 9.55. The lowest BCUT2D eigenvalue weighted by molar-refractivity contribution is 0.340. The lowest BCUT2D eigenvalue weighted by Gasteiger charge is -2.20. The van der Waals surface area contributed by atoms with E-state index in [1.54, 1.807) is 0 Å². The van der Waals surface area contributed by atoms with Gasteiger partial charge in [-0.15, -0.1) is 0 Å². The number of imidazole rings is 1. The second kappa shape index (κ2) is 8.92. The number of hydrogen-bond acceptors (Lipinski definition) is 4. The predicted octanol–water partition coefficient (Wildman–Crippen LogP) is 6.53. The molecular formula is C29H30N4O. The van der Waals surface area contributed by atoms with Crippen molar-refractivity contribution in [1.29, 1.82) is 0 Å². The van der Waals surface area contributed by atoms with E-state index in [-0.39, 0.29) is 5.54 Å². The zero-order valence-electron chi connectivity index (χ0n) is 20.2. The summed E-state index contributed by atoms with van der Waals surface area (Å²) < 4.78 is 7.65. The maximum atomic E-state index is 5.62. The van der Waals surface area contributed by atoms with Gasteiger partial charge < -0.3 is 10.1 Å². The van der Waals surface area contributed by atoms with Gasteiger partial charge in [0.25, 0.3) is 0 Å². The average Bonchev–Trinajstić information content (AvgIpc) is 3.25. The molecule has 0 amide bonds. The molecule has 0 aliphatic heterocycles. The van der Waals surface area contributed by atoms with Crippen LogP contribution in [0.1, 0.15) is 33.3 Å². The first-order chi connectivity index (χ1) is 16.4. The standard InChI is InChI=1S/C29H30N4O/c1-5-34-23-14-15-26-25(17-23)30-19-33(26)27-16-13-22-7-6-8-24(28(22)32-27)21-11-9-20(10-12-21)18-31-29(2,3)4/h6-17,19,31H,5,18H2,1-4H3. The van der Waals surface area contributed by atoms with E-state index in [2.05, 4.69) is 79.6 Å². The van der Waals surface area contributed by atoms with E-state index in [0.29, 0.717) is 6.61 Å². The maximum Gasteiger partial charge on any atom is 0.139 e. The molecule has 0 unspecified atom stereocenters. The molecule has 5 heteroatoms. The summed E-state index contributed by atoms with van der Waals surface area (Å²) in [5.74, 6) is 1.67. The number of rotatable bonds is 6. The van der Waals surface area contributed by atoms with E-state index in [4.69, 9.17) is 9.72 Å². The van der Waals surface area contributed by atoms with Crippen LogP contribution >= 0.6 is 0 Å². The van der Waals surface area contributed by atoms with Crippen molar-refractivity contribution in [2.75, 3.05) is 6.61 Å². The van der Waals surface area contributed by atoms with Crippen LogP contribution in [-0.4, -0.2) is 26.7 Å². The highest BCUT2D eigenvalue weighted by Crippen LogP contribution is 2.29. The van der Waals surface area contributed by atoms with E-state index >= 15 is 0 Å². The van der Waals surface area contributed by atoms with Crippen LogP contribution < -0.4 is 10.1 Å².